The van der Waals surface area contributed by atoms with Crippen molar-refractivity contribution in [3.63, 3.8) is 0 Å². The standard InChI is InChI=1S/C29H32F3N5O3/c1-19(38)37-14-10-23(11-15-37)22-5-2-20(3-6-22)16-34-27(39)28(12-13-28)24-8-9-26(36-35-24)40-18-21-4-7-25(33-17-21)29(30,31)32/h2-9,17,23,27,34,39H,10-16,18H2,1H3. The van der Waals surface area contributed by atoms with Crippen LogP contribution in [0.5, 0.6) is 5.88 Å². The lowest BCUT2D eigenvalue weighted by atomic mass is 9.89. The van der Waals surface area contributed by atoms with Crippen molar-refractivity contribution in [1.82, 2.24) is 25.4 Å². The molecule has 212 valence electrons. The molecule has 1 unspecified atom stereocenters. The van der Waals surface area contributed by atoms with E-state index in [-0.39, 0.29) is 18.4 Å². The molecule has 3 heterocycles. The summed E-state index contributed by atoms with van der Waals surface area (Å²) in [6.07, 6.45) is -0.692. The maximum Gasteiger partial charge on any atom is 0.433 e. The highest BCUT2D eigenvalue weighted by Gasteiger charge is 2.52. The van der Waals surface area contributed by atoms with Gasteiger partial charge in [-0.2, -0.15) is 18.3 Å². The van der Waals surface area contributed by atoms with Gasteiger partial charge in [-0.1, -0.05) is 30.3 Å². The first-order valence-electron chi connectivity index (χ1n) is 13.4. The number of rotatable bonds is 9. The van der Waals surface area contributed by atoms with Gasteiger partial charge in [0.1, 0.15) is 18.5 Å². The van der Waals surface area contributed by atoms with E-state index in [1.54, 1.807) is 19.1 Å². The molecule has 5 rings (SSSR count). The summed E-state index contributed by atoms with van der Waals surface area (Å²) >= 11 is 0. The summed E-state index contributed by atoms with van der Waals surface area (Å²) in [6, 6.07) is 14.0. The Balaban J connectivity index is 1.11. The highest BCUT2D eigenvalue weighted by molar-refractivity contribution is 5.73. The molecule has 2 N–H and O–H groups in total. The van der Waals surface area contributed by atoms with E-state index < -0.39 is 23.5 Å². The Morgan fingerprint density at radius 2 is 1.77 bits per heavy atom. The van der Waals surface area contributed by atoms with Crippen molar-refractivity contribution in [2.24, 2.45) is 0 Å². The number of benzene rings is 1. The molecule has 2 aromatic heterocycles. The largest absolute Gasteiger partial charge is 0.472 e. The van der Waals surface area contributed by atoms with Gasteiger partial charge in [-0.05, 0) is 54.9 Å². The van der Waals surface area contributed by atoms with Crippen molar-refractivity contribution in [2.45, 2.75) is 69.5 Å². The third-order valence-corrected chi connectivity index (χ3v) is 7.86. The van der Waals surface area contributed by atoms with Gasteiger partial charge in [0, 0.05) is 44.4 Å². The van der Waals surface area contributed by atoms with Crippen LogP contribution in [0.4, 0.5) is 13.2 Å². The van der Waals surface area contributed by atoms with Gasteiger partial charge in [-0.3, -0.25) is 15.1 Å². The Kier molecular flexibility index (Phi) is 8.04. The molecular weight excluding hydrogens is 523 g/mol. The molecule has 1 aliphatic heterocycles. The number of nitrogens with one attached hydrogen (secondary N) is 1. The lowest BCUT2D eigenvalue weighted by Gasteiger charge is -2.31. The number of hydrogen-bond acceptors (Lipinski definition) is 7. The summed E-state index contributed by atoms with van der Waals surface area (Å²) in [5.74, 6) is 0.820. The Labute approximate surface area is 230 Å². The van der Waals surface area contributed by atoms with Crippen LogP contribution in [-0.4, -0.2) is 50.4 Å². The molecule has 1 aliphatic carbocycles. The maximum absolute atomic E-state index is 12.7. The first-order valence-corrected chi connectivity index (χ1v) is 13.4. The molecular formula is C29H32F3N5O3. The smallest absolute Gasteiger partial charge is 0.433 e. The fourth-order valence-electron chi connectivity index (χ4n) is 5.15. The van der Waals surface area contributed by atoms with Crippen LogP contribution in [0.2, 0.25) is 0 Å². The summed E-state index contributed by atoms with van der Waals surface area (Å²) in [4.78, 5) is 16.9. The van der Waals surface area contributed by atoms with Gasteiger partial charge in [0.05, 0.1) is 11.1 Å². The number of alkyl halides is 3. The topological polar surface area (TPSA) is 100 Å². The number of pyridine rings is 1. The average Bonchev–Trinajstić information content (AvgIpc) is 3.77. The fourth-order valence-corrected chi connectivity index (χ4v) is 5.15. The summed E-state index contributed by atoms with van der Waals surface area (Å²) in [5, 5.41) is 22.5. The molecule has 11 heteroatoms. The van der Waals surface area contributed by atoms with Gasteiger partial charge >= 0.3 is 6.18 Å². The van der Waals surface area contributed by atoms with E-state index in [9.17, 15) is 23.1 Å². The van der Waals surface area contributed by atoms with E-state index in [0.29, 0.717) is 23.7 Å². The first kappa shape index (κ1) is 28.0. The van der Waals surface area contributed by atoms with Crippen molar-refractivity contribution < 1.29 is 27.8 Å². The molecule has 1 atom stereocenters. The number of carbonyl (C=O) groups excluding carboxylic acids is 1. The Morgan fingerprint density at radius 1 is 1.07 bits per heavy atom. The Bertz CT molecular complexity index is 1290. The normalized spacial score (nSPS) is 17.9. The predicted molar refractivity (Wildman–Crippen MR) is 140 cm³/mol. The van der Waals surface area contributed by atoms with Crippen LogP contribution in [0, 0.1) is 0 Å². The zero-order chi connectivity index (χ0) is 28.3. The number of piperidine rings is 1. The third-order valence-electron chi connectivity index (χ3n) is 7.86. The quantitative estimate of drug-likeness (QED) is 0.379. The van der Waals surface area contributed by atoms with E-state index in [1.165, 1.54) is 11.6 Å². The van der Waals surface area contributed by atoms with E-state index in [4.69, 9.17) is 4.74 Å². The Hall–Kier alpha value is -3.57. The molecule has 40 heavy (non-hydrogen) atoms. The van der Waals surface area contributed by atoms with Crippen molar-refractivity contribution in [1.29, 1.82) is 0 Å². The molecule has 8 nitrogen and oxygen atoms in total. The minimum atomic E-state index is -4.49. The van der Waals surface area contributed by atoms with Crippen LogP contribution in [0.15, 0.2) is 54.7 Å². The van der Waals surface area contributed by atoms with Crippen LogP contribution in [0.3, 0.4) is 0 Å². The molecule has 1 saturated carbocycles. The summed E-state index contributed by atoms with van der Waals surface area (Å²) < 4.78 is 43.5. The average molecular weight is 556 g/mol. The van der Waals surface area contributed by atoms with Gasteiger partial charge in [-0.15, -0.1) is 5.10 Å². The molecule has 1 aromatic carbocycles. The highest BCUT2D eigenvalue weighted by atomic mass is 19.4. The molecule has 2 fully saturated rings. The second-order valence-corrected chi connectivity index (χ2v) is 10.6. The zero-order valence-corrected chi connectivity index (χ0v) is 22.2. The van der Waals surface area contributed by atoms with E-state index in [2.05, 4.69) is 44.8 Å². The second kappa shape index (κ2) is 11.5. The Morgan fingerprint density at radius 3 is 2.33 bits per heavy atom. The second-order valence-electron chi connectivity index (χ2n) is 10.6. The van der Waals surface area contributed by atoms with Gasteiger partial charge in [-0.25, -0.2) is 0 Å². The van der Waals surface area contributed by atoms with Crippen LogP contribution >= 0.6 is 0 Å². The zero-order valence-electron chi connectivity index (χ0n) is 22.2. The third kappa shape index (κ3) is 6.42. The van der Waals surface area contributed by atoms with Crippen LogP contribution < -0.4 is 10.1 Å². The molecule has 1 saturated heterocycles. The van der Waals surface area contributed by atoms with Crippen molar-refractivity contribution >= 4 is 5.91 Å². The predicted octanol–water partition coefficient (Wildman–Crippen LogP) is 4.34. The molecule has 0 bridgehead atoms. The van der Waals surface area contributed by atoms with Gasteiger partial charge in [0.2, 0.25) is 11.8 Å². The number of carbonyl (C=O) groups is 1. The van der Waals surface area contributed by atoms with Crippen LogP contribution in [-0.2, 0) is 29.5 Å². The maximum atomic E-state index is 12.7. The fraction of sp³-hybridized carbons (Fsp3) is 0.448. The summed E-state index contributed by atoms with van der Waals surface area (Å²) in [6.45, 7) is 3.72. The van der Waals surface area contributed by atoms with Gasteiger partial charge < -0.3 is 14.7 Å². The minimum absolute atomic E-state index is 0.00484. The molecule has 1 amide bonds. The number of aliphatic hydroxyl groups is 1. The number of ether oxygens (including phenoxy) is 1. The number of amides is 1. The summed E-state index contributed by atoms with van der Waals surface area (Å²) in [5.41, 5.74) is 1.99. The summed E-state index contributed by atoms with van der Waals surface area (Å²) in [7, 11) is 0. The van der Waals surface area contributed by atoms with E-state index in [1.807, 2.05) is 4.90 Å². The van der Waals surface area contributed by atoms with Crippen molar-refractivity contribution in [2.75, 3.05) is 13.1 Å². The molecule has 3 aromatic rings. The highest BCUT2D eigenvalue weighted by Crippen LogP contribution is 2.49. The van der Waals surface area contributed by atoms with E-state index in [0.717, 1.165) is 56.6 Å². The minimum Gasteiger partial charge on any atom is -0.472 e. The number of aromatic nitrogens is 3. The number of hydrogen-bond donors (Lipinski definition) is 2. The number of aliphatic hydroxyl groups excluding tert-OH is 1. The van der Waals surface area contributed by atoms with Gasteiger partial charge in [0.25, 0.3) is 0 Å². The van der Waals surface area contributed by atoms with Crippen molar-refractivity contribution in [3.05, 3.63) is 82.8 Å². The van der Waals surface area contributed by atoms with Gasteiger partial charge in [0.15, 0.2) is 0 Å². The molecule has 0 radical (unpaired) electrons. The monoisotopic (exact) mass is 555 g/mol. The first-order chi connectivity index (χ1) is 19.1. The molecule has 0 spiro atoms. The molecule has 2 aliphatic rings. The number of likely N-dealkylation sites (tertiary alicyclic amines) is 1. The van der Waals surface area contributed by atoms with E-state index >= 15 is 0 Å². The number of halogens is 3. The lowest BCUT2D eigenvalue weighted by molar-refractivity contribution is -0.141. The number of nitrogens with zero attached hydrogens (tertiary/aromatic N) is 4. The van der Waals surface area contributed by atoms with Crippen LogP contribution in [0.25, 0.3) is 0 Å². The van der Waals surface area contributed by atoms with Crippen LogP contribution in [0.1, 0.15) is 66.6 Å². The SMILES string of the molecule is CC(=O)N1CCC(c2ccc(CNC(O)C3(c4ccc(OCc5ccc(C(F)(F)F)nc5)nn4)CC3)cc2)CC1. The lowest BCUT2D eigenvalue weighted by Crippen LogP contribution is -2.40. The van der Waals surface area contributed by atoms with Crippen molar-refractivity contribution in [3.8, 4) is 5.88 Å².